The number of aromatic nitrogens is 1. The second kappa shape index (κ2) is 7.19. The molecule has 0 aliphatic rings. The Morgan fingerprint density at radius 2 is 1.83 bits per heavy atom. The van der Waals surface area contributed by atoms with Gasteiger partial charge in [-0.25, -0.2) is 9.37 Å². The summed E-state index contributed by atoms with van der Waals surface area (Å²) in [5, 5.41) is 5.82. The van der Waals surface area contributed by atoms with Crippen molar-refractivity contribution >= 4 is 29.0 Å². The van der Waals surface area contributed by atoms with Crippen molar-refractivity contribution in [1.29, 1.82) is 0 Å². The molecule has 5 heteroatoms. The molecule has 1 N–H and O–H groups in total. The molecule has 3 aromatic rings. The summed E-state index contributed by atoms with van der Waals surface area (Å²) in [5.74, 6) is -0.538. The largest absolute Gasteiger partial charge is 0.323 e. The van der Waals surface area contributed by atoms with Crippen molar-refractivity contribution in [3.8, 4) is 11.3 Å². The monoisotopic (exact) mass is 338 g/mol. The van der Waals surface area contributed by atoms with Gasteiger partial charge in [0.05, 0.1) is 10.7 Å². The second-order valence-electron chi connectivity index (χ2n) is 5.20. The molecule has 120 valence electrons. The first-order valence-electron chi connectivity index (χ1n) is 7.37. The van der Waals surface area contributed by atoms with E-state index in [-0.39, 0.29) is 11.7 Å². The van der Waals surface area contributed by atoms with Gasteiger partial charge < -0.3 is 5.32 Å². The fourth-order valence-corrected chi connectivity index (χ4v) is 2.77. The third-order valence-corrected chi connectivity index (χ3v) is 4.14. The van der Waals surface area contributed by atoms with E-state index in [2.05, 4.69) is 10.3 Å². The Balaban J connectivity index is 1.63. The van der Waals surface area contributed by atoms with Crippen molar-refractivity contribution < 1.29 is 9.18 Å². The molecule has 3 nitrogen and oxygen atoms in total. The third-order valence-electron chi connectivity index (χ3n) is 3.36. The van der Waals surface area contributed by atoms with Crippen LogP contribution in [0.2, 0.25) is 0 Å². The van der Waals surface area contributed by atoms with E-state index in [1.165, 1.54) is 18.2 Å². The molecule has 0 fully saturated rings. The summed E-state index contributed by atoms with van der Waals surface area (Å²) >= 11 is 1.61. The highest BCUT2D eigenvalue weighted by Gasteiger charge is 2.03. The van der Waals surface area contributed by atoms with E-state index in [0.717, 1.165) is 21.8 Å². The van der Waals surface area contributed by atoms with E-state index in [1.807, 2.05) is 36.6 Å². The molecular weight excluding hydrogens is 323 g/mol. The molecule has 0 unspecified atom stereocenters. The lowest BCUT2D eigenvalue weighted by molar-refractivity contribution is -0.111. The Morgan fingerprint density at radius 3 is 2.46 bits per heavy atom. The highest BCUT2D eigenvalue weighted by Crippen LogP contribution is 2.23. The summed E-state index contributed by atoms with van der Waals surface area (Å²) in [6.07, 6.45) is 3.06. The zero-order valence-corrected chi connectivity index (χ0v) is 13.8. The second-order valence-corrected chi connectivity index (χ2v) is 6.27. The summed E-state index contributed by atoms with van der Waals surface area (Å²) in [6.45, 7) is 1.97. The Morgan fingerprint density at radius 1 is 1.12 bits per heavy atom. The number of anilines is 1. The van der Waals surface area contributed by atoms with Crippen LogP contribution in [-0.2, 0) is 4.79 Å². The average molecular weight is 338 g/mol. The maximum atomic E-state index is 12.8. The first-order valence-corrected chi connectivity index (χ1v) is 8.25. The molecule has 1 heterocycles. The number of nitrogens with one attached hydrogen (secondary N) is 1. The lowest BCUT2D eigenvalue weighted by Crippen LogP contribution is -2.07. The number of benzene rings is 2. The lowest BCUT2D eigenvalue weighted by Gasteiger charge is -2.03. The van der Waals surface area contributed by atoms with Gasteiger partial charge >= 0.3 is 0 Å². The molecule has 0 saturated heterocycles. The van der Waals surface area contributed by atoms with E-state index in [9.17, 15) is 9.18 Å². The summed E-state index contributed by atoms with van der Waals surface area (Å²) in [4.78, 5) is 16.4. The normalized spacial score (nSPS) is 10.9. The van der Waals surface area contributed by atoms with Crippen LogP contribution in [0.25, 0.3) is 17.3 Å². The van der Waals surface area contributed by atoms with Crippen molar-refractivity contribution in [2.75, 3.05) is 5.32 Å². The number of amides is 1. The van der Waals surface area contributed by atoms with Gasteiger partial charge in [-0.3, -0.25) is 4.79 Å². The van der Waals surface area contributed by atoms with Crippen LogP contribution in [0.15, 0.2) is 60.0 Å². The molecule has 0 bridgehead atoms. The molecule has 0 spiro atoms. The van der Waals surface area contributed by atoms with E-state index < -0.39 is 0 Å². The highest BCUT2D eigenvalue weighted by atomic mass is 32.1. The van der Waals surface area contributed by atoms with Gasteiger partial charge in [0.15, 0.2) is 0 Å². The lowest BCUT2D eigenvalue weighted by atomic mass is 10.1. The molecule has 2 aromatic carbocycles. The zero-order chi connectivity index (χ0) is 16.9. The molecule has 1 amide bonds. The molecule has 0 aliphatic carbocycles. The van der Waals surface area contributed by atoms with Crippen molar-refractivity contribution in [2.45, 2.75) is 6.92 Å². The minimum atomic E-state index is -0.299. The summed E-state index contributed by atoms with van der Waals surface area (Å²) < 4.78 is 12.8. The van der Waals surface area contributed by atoms with Crippen molar-refractivity contribution in [3.63, 3.8) is 0 Å². The van der Waals surface area contributed by atoms with Crippen LogP contribution in [0, 0.1) is 12.7 Å². The number of rotatable bonds is 4. The van der Waals surface area contributed by atoms with Crippen molar-refractivity contribution in [2.24, 2.45) is 0 Å². The van der Waals surface area contributed by atoms with Gasteiger partial charge in [0.2, 0.25) is 5.91 Å². The fourth-order valence-electron chi connectivity index (χ4n) is 2.15. The molecule has 1 aromatic heterocycles. The first-order chi connectivity index (χ1) is 11.6. The van der Waals surface area contributed by atoms with Crippen LogP contribution in [0.5, 0.6) is 0 Å². The maximum absolute atomic E-state index is 12.8. The molecule has 3 rings (SSSR count). The Bertz CT molecular complexity index is 867. The number of thiazole rings is 1. The maximum Gasteiger partial charge on any atom is 0.248 e. The van der Waals surface area contributed by atoms with Crippen LogP contribution in [-0.4, -0.2) is 10.9 Å². The molecule has 24 heavy (non-hydrogen) atoms. The van der Waals surface area contributed by atoms with Crippen molar-refractivity contribution in [3.05, 3.63) is 76.4 Å². The molecule has 0 radical (unpaired) electrons. The van der Waals surface area contributed by atoms with Crippen LogP contribution in [0.3, 0.4) is 0 Å². The quantitative estimate of drug-likeness (QED) is 0.687. The van der Waals surface area contributed by atoms with Gasteiger partial charge in [0.25, 0.3) is 0 Å². The number of hydrogen-bond donors (Lipinski definition) is 1. The number of carbonyl (C=O) groups excluding carboxylic acids is 1. The minimum Gasteiger partial charge on any atom is -0.323 e. The van der Waals surface area contributed by atoms with Crippen LogP contribution in [0.4, 0.5) is 10.1 Å². The average Bonchev–Trinajstić information content (AvgIpc) is 3.01. The van der Waals surface area contributed by atoms with E-state index >= 15 is 0 Å². The van der Waals surface area contributed by atoms with E-state index in [0.29, 0.717) is 5.69 Å². The van der Waals surface area contributed by atoms with Crippen LogP contribution >= 0.6 is 11.3 Å². The van der Waals surface area contributed by atoms with Crippen LogP contribution in [0.1, 0.15) is 10.6 Å². The highest BCUT2D eigenvalue weighted by molar-refractivity contribution is 7.09. The van der Waals surface area contributed by atoms with Crippen LogP contribution < -0.4 is 5.32 Å². The molecule has 0 atom stereocenters. The van der Waals surface area contributed by atoms with Gasteiger partial charge in [-0.05, 0) is 42.8 Å². The standard InChI is InChI=1S/C19H15FN2OS/c1-13-21-18(12-24-13)15-5-9-17(10-6-15)22-19(23)11-4-14-2-7-16(20)8-3-14/h2-12H,1H3,(H,22,23)/b11-4+. The van der Waals surface area contributed by atoms with Gasteiger partial charge in [-0.15, -0.1) is 11.3 Å². The predicted octanol–water partition coefficient (Wildman–Crippen LogP) is 4.91. The number of halogens is 1. The zero-order valence-electron chi connectivity index (χ0n) is 13.0. The summed E-state index contributed by atoms with van der Waals surface area (Å²) in [5.41, 5.74) is 3.42. The summed E-state index contributed by atoms with van der Waals surface area (Å²) in [7, 11) is 0. The molecular formula is C19H15FN2OS. The Kier molecular flexibility index (Phi) is 4.82. The number of hydrogen-bond acceptors (Lipinski definition) is 3. The number of carbonyl (C=O) groups is 1. The van der Waals surface area contributed by atoms with Crippen molar-refractivity contribution in [1.82, 2.24) is 4.98 Å². The number of nitrogens with zero attached hydrogens (tertiary/aromatic N) is 1. The SMILES string of the molecule is Cc1nc(-c2ccc(NC(=O)/C=C/c3ccc(F)cc3)cc2)cs1. The van der Waals surface area contributed by atoms with Gasteiger partial charge in [-0.1, -0.05) is 24.3 Å². The fraction of sp³-hybridized carbons (Fsp3) is 0.0526. The van der Waals surface area contributed by atoms with Gasteiger partial charge in [-0.2, -0.15) is 0 Å². The van der Waals surface area contributed by atoms with E-state index in [4.69, 9.17) is 0 Å². The molecule has 0 aliphatic heterocycles. The predicted molar refractivity (Wildman–Crippen MR) is 96.4 cm³/mol. The first kappa shape index (κ1) is 16.1. The minimum absolute atomic E-state index is 0.239. The third kappa shape index (κ3) is 4.14. The van der Waals surface area contributed by atoms with Gasteiger partial charge in [0.1, 0.15) is 5.82 Å². The molecule has 0 saturated carbocycles. The Hall–Kier alpha value is -2.79. The summed E-state index contributed by atoms with van der Waals surface area (Å²) in [6, 6.07) is 13.5. The van der Waals surface area contributed by atoms with E-state index in [1.54, 1.807) is 29.5 Å². The van der Waals surface area contributed by atoms with Gasteiger partial charge in [0, 0.05) is 22.7 Å². The number of aryl methyl sites for hydroxylation is 1. The topological polar surface area (TPSA) is 42.0 Å². The smallest absolute Gasteiger partial charge is 0.248 e. The Labute approximate surface area is 143 Å².